The summed E-state index contributed by atoms with van der Waals surface area (Å²) in [4.78, 5) is 12.2. The van der Waals surface area contributed by atoms with E-state index >= 15 is 0 Å². The van der Waals surface area contributed by atoms with Gasteiger partial charge in [-0.1, -0.05) is 32.6 Å². The Balaban J connectivity index is 1.78. The highest BCUT2D eigenvalue weighted by Crippen LogP contribution is 2.29. The number of nitrogens with one attached hydrogen (secondary N) is 2. The van der Waals surface area contributed by atoms with Crippen LogP contribution < -0.4 is 10.6 Å². The molecule has 0 heterocycles. The molecule has 0 atom stereocenters. The average molecular weight is 288 g/mol. The van der Waals surface area contributed by atoms with Gasteiger partial charge in [0.15, 0.2) is 0 Å². The van der Waals surface area contributed by atoms with Gasteiger partial charge in [0.05, 0.1) is 0 Å². The molecule has 1 aromatic carbocycles. The third-order valence-electron chi connectivity index (χ3n) is 4.73. The van der Waals surface area contributed by atoms with Gasteiger partial charge in [-0.3, -0.25) is 4.79 Å². The van der Waals surface area contributed by atoms with Gasteiger partial charge in [0, 0.05) is 24.8 Å². The zero-order valence-electron chi connectivity index (χ0n) is 13.5. The van der Waals surface area contributed by atoms with Gasteiger partial charge >= 0.3 is 0 Å². The second-order valence-electron chi connectivity index (χ2n) is 6.45. The van der Waals surface area contributed by atoms with Gasteiger partial charge < -0.3 is 10.6 Å². The van der Waals surface area contributed by atoms with Gasteiger partial charge in [-0.25, -0.2) is 0 Å². The first-order valence-electron chi connectivity index (χ1n) is 8.16. The van der Waals surface area contributed by atoms with Crippen molar-refractivity contribution in [3.8, 4) is 0 Å². The Kier molecular flexibility index (Phi) is 5.66. The largest absolute Gasteiger partial charge is 0.388 e. The molecule has 1 fully saturated rings. The van der Waals surface area contributed by atoms with E-state index in [1.807, 2.05) is 32.2 Å². The molecule has 0 aromatic heterocycles. The molecule has 0 spiro atoms. The summed E-state index contributed by atoms with van der Waals surface area (Å²) in [6, 6.07) is 5.80. The summed E-state index contributed by atoms with van der Waals surface area (Å²) in [6.07, 6.45) is 6.47. The maximum absolute atomic E-state index is 12.2. The molecular formula is C18H28N2O. The van der Waals surface area contributed by atoms with Crippen LogP contribution >= 0.6 is 0 Å². The lowest BCUT2D eigenvalue weighted by Crippen LogP contribution is -2.27. The number of rotatable bonds is 5. The molecule has 2 rings (SSSR count). The van der Waals surface area contributed by atoms with E-state index in [-0.39, 0.29) is 5.91 Å². The molecule has 116 valence electrons. The fourth-order valence-electron chi connectivity index (χ4n) is 3.20. The summed E-state index contributed by atoms with van der Waals surface area (Å²) in [7, 11) is 1.90. The van der Waals surface area contributed by atoms with Crippen molar-refractivity contribution in [1.29, 1.82) is 0 Å². The van der Waals surface area contributed by atoms with E-state index in [0.717, 1.165) is 41.6 Å². The van der Waals surface area contributed by atoms with E-state index in [1.54, 1.807) is 0 Å². The molecular weight excluding hydrogens is 260 g/mol. The minimum absolute atomic E-state index is 0.0462. The van der Waals surface area contributed by atoms with E-state index in [4.69, 9.17) is 0 Å². The van der Waals surface area contributed by atoms with Crippen LogP contribution in [0.2, 0.25) is 0 Å². The summed E-state index contributed by atoms with van der Waals surface area (Å²) in [5.41, 5.74) is 2.93. The molecule has 1 amide bonds. The smallest absolute Gasteiger partial charge is 0.251 e. The Bertz CT molecular complexity index is 476. The monoisotopic (exact) mass is 288 g/mol. The summed E-state index contributed by atoms with van der Waals surface area (Å²) in [6.45, 7) is 5.16. The van der Waals surface area contributed by atoms with E-state index in [0.29, 0.717) is 0 Å². The second kappa shape index (κ2) is 7.48. The highest BCUT2D eigenvalue weighted by atomic mass is 16.1. The van der Waals surface area contributed by atoms with Crippen molar-refractivity contribution >= 4 is 11.6 Å². The van der Waals surface area contributed by atoms with Crippen molar-refractivity contribution in [2.45, 2.75) is 46.0 Å². The summed E-state index contributed by atoms with van der Waals surface area (Å²) in [5, 5.41) is 6.18. The number of benzene rings is 1. The standard InChI is InChI=1S/C18H28N2O/c1-13-4-6-15(7-5-13)10-11-20-18(21)16-8-9-17(19-3)14(2)12-16/h8-9,12-13,15,19H,4-7,10-11H2,1-3H3,(H,20,21). The normalized spacial score (nSPS) is 21.9. The minimum atomic E-state index is 0.0462. The van der Waals surface area contributed by atoms with E-state index in [2.05, 4.69) is 17.6 Å². The Labute approximate surface area is 128 Å². The first kappa shape index (κ1) is 15.9. The highest BCUT2D eigenvalue weighted by molar-refractivity contribution is 5.94. The fraction of sp³-hybridized carbons (Fsp3) is 0.611. The molecule has 0 radical (unpaired) electrons. The quantitative estimate of drug-likeness (QED) is 0.860. The molecule has 1 saturated carbocycles. The van der Waals surface area contributed by atoms with Crippen molar-refractivity contribution in [3.63, 3.8) is 0 Å². The number of hydrogen-bond acceptors (Lipinski definition) is 2. The van der Waals surface area contributed by atoms with Crippen LogP contribution in [0.3, 0.4) is 0 Å². The molecule has 21 heavy (non-hydrogen) atoms. The predicted octanol–water partition coefficient (Wildman–Crippen LogP) is 3.98. The van der Waals surface area contributed by atoms with Gasteiger partial charge in [0.2, 0.25) is 0 Å². The summed E-state index contributed by atoms with van der Waals surface area (Å²) >= 11 is 0. The van der Waals surface area contributed by atoms with Crippen LogP contribution in [0.25, 0.3) is 0 Å². The van der Waals surface area contributed by atoms with Crippen molar-refractivity contribution in [2.24, 2.45) is 11.8 Å². The topological polar surface area (TPSA) is 41.1 Å². The number of hydrogen-bond donors (Lipinski definition) is 2. The maximum Gasteiger partial charge on any atom is 0.251 e. The molecule has 0 saturated heterocycles. The van der Waals surface area contributed by atoms with Crippen LogP contribution in [0.4, 0.5) is 5.69 Å². The van der Waals surface area contributed by atoms with Crippen molar-refractivity contribution in [1.82, 2.24) is 5.32 Å². The number of anilines is 1. The van der Waals surface area contributed by atoms with Crippen molar-refractivity contribution < 1.29 is 4.79 Å². The minimum Gasteiger partial charge on any atom is -0.388 e. The summed E-state index contributed by atoms with van der Waals surface area (Å²) in [5.74, 6) is 1.74. The van der Waals surface area contributed by atoms with Gasteiger partial charge in [-0.05, 0) is 48.9 Å². The van der Waals surface area contributed by atoms with Crippen molar-refractivity contribution in [2.75, 3.05) is 18.9 Å². The van der Waals surface area contributed by atoms with Crippen LogP contribution in [0.15, 0.2) is 18.2 Å². The number of carbonyl (C=O) groups excluding carboxylic acids is 1. The number of carbonyl (C=O) groups is 1. The fourth-order valence-corrected chi connectivity index (χ4v) is 3.20. The number of aryl methyl sites for hydroxylation is 1. The first-order valence-corrected chi connectivity index (χ1v) is 8.16. The molecule has 0 bridgehead atoms. The van der Waals surface area contributed by atoms with E-state index in [1.165, 1.54) is 25.7 Å². The zero-order valence-corrected chi connectivity index (χ0v) is 13.5. The van der Waals surface area contributed by atoms with Crippen LogP contribution in [-0.4, -0.2) is 19.5 Å². The third-order valence-corrected chi connectivity index (χ3v) is 4.73. The molecule has 3 nitrogen and oxygen atoms in total. The summed E-state index contributed by atoms with van der Waals surface area (Å²) < 4.78 is 0. The van der Waals surface area contributed by atoms with Crippen LogP contribution in [0.1, 0.15) is 54.9 Å². The lowest BCUT2D eigenvalue weighted by molar-refractivity contribution is 0.0949. The Morgan fingerprint density at radius 3 is 2.57 bits per heavy atom. The zero-order chi connectivity index (χ0) is 15.2. The van der Waals surface area contributed by atoms with Crippen LogP contribution in [0.5, 0.6) is 0 Å². The van der Waals surface area contributed by atoms with E-state index in [9.17, 15) is 4.79 Å². The van der Waals surface area contributed by atoms with Crippen LogP contribution in [-0.2, 0) is 0 Å². The molecule has 0 aliphatic heterocycles. The lowest BCUT2D eigenvalue weighted by Gasteiger charge is -2.26. The van der Waals surface area contributed by atoms with Gasteiger partial charge in [-0.2, -0.15) is 0 Å². The Morgan fingerprint density at radius 1 is 1.24 bits per heavy atom. The molecule has 1 aromatic rings. The predicted molar refractivity (Wildman–Crippen MR) is 88.8 cm³/mol. The molecule has 0 unspecified atom stereocenters. The second-order valence-corrected chi connectivity index (χ2v) is 6.45. The van der Waals surface area contributed by atoms with Crippen LogP contribution in [0, 0.1) is 18.8 Å². The SMILES string of the molecule is CNc1ccc(C(=O)NCCC2CCC(C)CC2)cc1C. The third kappa shape index (κ3) is 4.48. The van der Waals surface area contributed by atoms with E-state index < -0.39 is 0 Å². The first-order chi connectivity index (χ1) is 10.1. The van der Waals surface area contributed by atoms with Gasteiger partial charge in [0.25, 0.3) is 5.91 Å². The highest BCUT2D eigenvalue weighted by Gasteiger charge is 2.18. The number of amides is 1. The molecule has 1 aliphatic rings. The van der Waals surface area contributed by atoms with Crippen molar-refractivity contribution in [3.05, 3.63) is 29.3 Å². The molecule has 1 aliphatic carbocycles. The maximum atomic E-state index is 12.2. The Hall–Kier alpha value is -1.51. The molecule has 3 heteroatoms. The Morgan fingerprint density at radius 2 is 1.95 bits per heavy atom. The molecule has 2 N–H and O–H groups in total. The lowest BCUT2D eigenvalue weighted by atomic mass is 9.81. The van der Waals surface area contributed by atoms with Gasteiger partial charge in [-0.15, -0.1) is 0 Å². The van der Waals surface area contributed by atoms with Gasteiger partial charge in [0.1, 0.15) is 0 Å². The average Bonchev–Trinajstić information content (AvgIpc) is 2.49.